The van der Waals surface area contributed by atoms with E-state index in [2.05, 4.69) is 36.7 Å². The highest BCUT2D eigenvalue weighted by Gasteiger charge is 2.15. The van der Waals surface area contributed by atoms with E-state index in [9.17, 15) is 0 Å². The van der Waals surface area contributed by atoms with Gasteiger partial charge < -0.3 is 14.8 Å². The lowest BCUT2D eigenvalue weighted by atomic mass is 10.1. The molecule has 3 rings (SSSR count). The van der Waals surface area contributed by atoms with Gasteiger partial charge in [0, 0.05) is 10.9 Å². The van der Waals surface area contributed by atoms with Crippen molar-refractivity contribution in [1.29, 1.82) is 0 Å². The fourth-order valence-electron chi connectivity index (χ4n) is 2.98. The Morgan fingerprint density at radius 2 is 1.70 bits per heavy atom. The average molecular weight is 377 g/mol. The van der Waals surface area contributed by atoms with Crippen molar-refractivity contribution in [2.75, 3.05) is 12.4 Å². The quantitative estimate of drug-likeness (QED) is 0.530. The molecule has 0 amide bonds. The Balaban J connectivity index is 1.85. The van der Waals surface area contributed by atoms with E-state index in [0.29, 0.717) is 6.61 Å². The van der Waals surface area contributed by atoms with Gasteiger partial charge in [-0.15, -0.1) is 0 Å². The molecule has 0 saturated carbocycles. The van der Waals surface area contributed by atoms with E-state index >= 15 is 0 Å². The minimum absolute atomic E-state index is 0.0666. The predicted octanol–water partition coefficient (Wildman–Crippen LogP) is 5.45. The fraction of sp³-hybridized carbons (Fsp3) is 0.174. The molecule has 0 aromatic heterocycles. The zero-order valence-corrected chi connectivity index (χ0v) is 16.6. The molecule has 3 aromatic carbocycles. The lowest BCUT2D eigenvalue weighted by molar-refractivity contribution is 0.310. The monoisotopic (exact) mass is 377 g/mol. The number of anilines is 1. The zero-order valence-electron chi connectivity index (χ0n) is 15.7. The van der Waals surface area contributed by atoms with Gasteiger partial charge in [0.15, 0.2) is 5.75 Å². The van der Waals surface area contributed by atoms with Crippen LogP contribution in [0.25, 0.3) is 0 Å². The van der Waals surface area contributed by atoms with Gasteiger partial charge >= 0.3 is 0 Å². The molecule has 27 heavy (non-hydrogen) atoms. The van der Waals surface area contributed by atoms with E-state index in [0.717, 1.165) is 41.8 Å². The van der Waals surface area contributed by atoms with E-state index in [1.807, 2.05) is 54.6 Å². The number of benzene rings is 3. The highest BCUT2D eigenvalue weighted by molar-refractivity contribution is 7.45. The van der Waals surface area contributed by atoms with Crippen LogP contribution in [0.5, 0.6) is 11.5 Å². The smallest absolute Gasteiger partial charge is 0.154 e. The van der Waals surface area contributed by atoms with E-state index in [-0.39, 0.29) is 6.04 Å². The van der Waals surface area contributed by atoms with Crippen molar-refractivity contribution in [2.24, 2.45) is 0 Å². The first-order valence-electron chi connectivity index (χ1n) is 8.89. The van der Waals surface area contributed by atoms with Gasteiger partial charge in [-0.25, -0.2) is 0 Å². The second kappa shape index (κ2) is 9.25. The van der Waals surface area contributed by atoms with Gasteiger partial charge in [0.2, 0.25) is 0 Å². The van der Waals surface area contributed by atoms with Gasteiger partial charge in [-0.3, -0.25) is 0 Å². The molecule has 0 bridgehead atoms. The molecule has 0 heterocycles. The van der Waals surface area contributed by atoms with Crippen molar-refractivity contribution < 1.29 is 9.47 Å². The molecular weight excluding hydrogens is 353 g/mol. The first-order valence-corrected chi connectivity index (χ1v) is 9.96. The first-order chi connectivity index (χ1) is 13.2. The third kappa shape index (κ3) is 4.69. The first kappa shape index (κ1) is 19.0. The Kier molecular flexibility index (Phi) is 6.51. The predicted molar refractivity (Wildman–Crippen MR) is 116 cm³/mol. The van der Waals surface area contributed by atoms with Gasteiger partial charge in [-0.1, -0.05) is 69.1 Å². The zero-order chi connectivity index (χ0) is 19.1. The van der Waals surface area contributed by atoms with E-state index in [1.165, 1.54) is 0 Å². The molecule has 0 aliphatic rings. The molecule has 138 valence electrons. The fourth-order valence-corrected chi connectivity index (χ4v) is 3.50. The highest BCUT2D eigenvalue weighted by atomic mass is 31.1. The summed E-state index contributed by atoms with van der Waals surface area (Å²) >= 11 is 0. The van der Waals surface area contributed by atoms with Gasteiger partial charge in [-0.2, -0.15) is 0 Å². The number of para-hydroxylation sites is 2. The van der Waals surface area contributed by atoms with E-state index in [1.54, 1.807) is 7.11 Å². The third-order valence-electron chi connectivity index (χ3n) is 4.37. The Hall–Kier alpha value is -2.77. The molecule has 1 N–H and O–H groups in total. The van der Waals surface area contributed by atoms with Gasteiger partial charge in [0.25, 0.3) is 0 Å². The van der Waals surface area contributed by atoms with Crippen LogP contribution in [0.4, 0.5) is 5.69 Å². The number of ether oxygens (including phenoxy) is 2. The summed E-state index contributed by atoms with van der Waals surface area (Å²) in [5, 5.41) is 4.63. The number of nitrogens with one attached hydrogen (secondary N) is 1. The van der Waals surface area contributed by atoms with Crippen molar-refractivity contribution in [3.63, 3.8) is 0 Å². The summed E-state index contributed by atoms with van der Waals surface area (Å²) in [7, 11) is 2.62. The Bertz CT molecular complexity index is 896. The van der Waals surface area contributed by atoms with Crippen LogP contribution in [0.2, 0.25) is 0 Å². The maximum absolute atomic E-state index is 6.20. The summed E-state index contributed by atoms with van der Waals surface area (Å²) in [5.41, 5.74) is 3.20. The van der Waals surface area contributed by atoms with Crippen molar-refractivity contribution in [3.05, 3.63) is 83.9 Å². The van der Waals surface area contributed by atoms with Crippen LogP contribution >= 0.6 is 8.20 Å². The van der Waals surface area contributed by atoms with Crippen LogP contribution in [0.15, 0.2) is 72.8 Å². The molecule has 1 atom stereocenters. The summed E-state index contributed by atoms with van der Waals surface area (Å²) in [6.07, 6.45) is 4.02. The third-order valence-corrected chi connectivity index (χ3v) is 5.06. The minimum Gasteiger partial charge on any atom is -0.496 e. The van der Waals surface area contributed by atoms with Crippen molar-refractivity contribution in [2.45, 2.75) is 19.6 Å². The lowest BCUT2D eigenvalue weighted by Gasteiger charge is -2.21. The molecule has 3 aromatic rings. The Morgan fingerprint density at radius 1 is 0.963 bits per heavy atom. The Morgan fingerprint density at radius 3 is 2.44 bits per heavy atom. The number of rotatable bonds is 8. The number of methoxy groups -OCH3 is 1. The van der Waals surface area contributed by atoms with Crippen LogP contribution in [-0.2, 0) is 6.61 Å². The van der Waals surface area contributed by atoms with Crippen molar-refractivity contribution >= 4 is 25.5 Å². The average Bonchev–Trinajstić information content (AvgIpc) is 2.73. The van der Waals surface area contributed by atoms with Crippen LogP contribution in [0.1, 0.15) is 24.1 Å². The van der Waals surface area contributed by atoms with E-state index < -0.39 is 0 Å². The van der Waals surface area contributed by atoms with Gasteiger partial charge in [0.05, 0.1) is 18.8 Å². The van der Waals surface area contributed by atoms with Crippen LogP contribution in [0, 0.1) is 0 Å². The standard InChI is InChI=1S/C23H24NO2P/c1-17(19-12-7-8-14-21(19)25-2)24-20-13-9-15-22(27-3)23(20)26-16-18-10-5-4-6-11-18/h4-15,17,24H,3,16H2,1-2H3. The largest absolute Gasteiger partial charge is 0.496 e. The van der Waals surface area contributed by atoms with Crippen LogP contribution in [-0.4, -0.2) is 13.4 Å². The topological polar surface area (TPSA) is 30.5 Å². The summed E-state index contributed by atoms with van der Waals surface area (Å²) < 4.78 is 11.7. The molecule has 0 saturated heterocycles. The second-order valence-electron chi connectivity index (χ2n) is 6.19. The number of hydrogen-bond acceptors (Lipinski definition) is 3. The molecule has 0 fully saturated rings. The molecule has 4 heteroatoms. The maximum atomic E-state index is 6.20. The second-order valence-corrected chi connectivity index (χ2v) is 6.99. The molecule has 3 nitrogen and oxygen atoms in total. The Labute approximate surface area is 162 Å². The van der Waals surface area contributed by atoms with E-state index in [4.69, 9.17) is 9.47 Å². The van der Waals surface area contributed by atoms with Crippen LogP contribution < -0.4 is 20.1 Å². The normalized spacial score (nSPS) is 11.8. The van der Waals surface area contributed by atoms with Crippen molar-refractivity contribution in [1.82, 2.24) is 0 Å². The van der Waals surface area contributed by atoms with Crippen LogP contribution in [0.3, 0.4) is 0 Å². The molecule has 0 spiro atoms. The summed E-state index contributed by atoms with van der Waals surface area (Å²) in [6.45, 7) is 2.64. The molecule has 0 radical (unpaired) electrons. The minimum atomic E-state index is 0.0666. The summed E-state index contributed by atoms with van der Waals surface area (Å²) in [6, 6.07) is 24.4. The summed E-state index contributed by atoms with van der Waals surface area (Å²) in [4.78, 5) is 0. The summed E-state index contributed by atoms with van der Waals surface area (Å²) in [5.74, 6) is 1.72. The maximum Gasteiger partial charge on any atom is 0.154 e. The molecular formula is C23H24NO2P. The SMILES string of the molecule is C=Pc1cccc(NC(C)c2ccccc2OC)c1OCc1ccccc1. The highest BCUT2D eigenvalue weighted by Crippen LogP contribution is 2.32. The molecule has 0 aliphatic heterocycles. The van der Waals surface area contributed by atoms with Crippen molar-refractivity contribution in [3.8, 4) is 11.5 Å². The number of hydrogen-bond donors (Lipinski definition) is 1. The molecule has 1 unspecified atom stereocenters. The van der Waals surface area contributed by atoms with Gasteiger partial charge in [0.1, 0.15) is 12.4 Å². The van der Waals surface area contributed by atoms with Gasteiger partial charge in [-0.05, 0) is 30.7 Å². The lowest BCUT2D eigenvalue weighted by Crippen LogP contribution is -2.12. The molecule has 0 aliphatic carbocycles.